The minimum atomic E-state index is -1.07. The van der Waals surface area contributed by atoms with E-state index in [0.717, 1.165) is 76.0 Å². The van der Waals surface area contributed by atoms with Crippen LogP contribution in [0.25, 0.3) is 11.6 Å². The molecule has 9 heteroatoms. The van der Waals surface area contributed by atoms with E-state index in [0.29, 0.717) is 24.3 Å². The van der Waals surface area contributed by atoms with E-state index in [2.05, 4.69) is 88.1 Å². The Morgan fingerprint density at radius 3 is 2.47 bits per heavy atom. The normalized spacial score (nSPS) is 26.0. The molecule has 4 aliphatic rings. The maximum atomic E-state index is 13.6. The number of rotatable bonds is 11. The number of aliphatic hydroxyl groups is 1. The molecule has 53 heavy (non-hydrogen) atoms. The van der Waals surface area contributed by atoms with Crippen LogP contribution < -0.4 is 10.6 Å². The lowest BCUT2D eigenvalue weighted by molar-refractivity contribution is -0.146. The lowest BCUT2D eigenvalue weighted by atomic mass is 9.84. The third kappa shape index (κ3) is 7.34. The number of hydrogen-bond acceptors (Lipinski definition) is 7. The van der Waals surface area contributed by atoms with Gasteiger partial charge in [0.15, 0.2) is 0 Å². The first-order chi connectivity index (χ1) is 25.2. The molecule has 1 aliphatic carbocycles. The van der Waals surface area contributed by atoms with Gasteiger partial charge in [-0.15, -0.1) is 0 Å². The van der Waals surface area contributed by atoms with Gasteiger partial charge in [0.05, 0.1) is 18.9 Å². The molecule has 2 aromatic rings. The smallest absolute Gasteiger partial charge is 0.316 e. The molecule has 3 aliphatic heterocycles. The van der Waals surface area contributed by atoms with Crippen LogP contribution in [0.2, 0.25) is 0 Å². The summed E-state index contributed by atoms with van der Waals surface area (Å²) in [5.74, 6) is -0.915. The summed E-state index contributed by atoms with van der Waals surface area (Å²) in [6.07, 6.45) is 11.0. The Morgan fingerprint density at radius 2 is 1.77 bits per heavy atom. The Balaban J connectivity index is 1.41. The zero-order valence-electron chi connectivity index (χ0n) is 33.4. The maximum absolute atomic E-state index is 13.6. The highest BCUT2D eigenvalue weighted by atomic mass is 16.5. The minimum absolute atomic E-state index is 0.00978. The van der Waals surface area contributed by atoms with E-state index in [1.54, 1.807) is 0 Å². The number of nitrogens with one attached hydrogen (secondary N) is 4. The number of hydrogen-bond donors (Lipinski definition) is 5. The molecule has 0 aromatic carbocycles. The van der Waals surface area contributed by atoms with Gasteiger partial charge in [0, 0.05) is 81.6 Å². The third-order valence-corrected chi connectivity index (χ3v) is 12.4. The fourth-order valence-electron chi connectivity index (χ4n) is 8.87. The molecular formula is C44H60N4O5. The summed E-state index contributed by atoms with van der Waals surface area (Å²) in [6, 6.07) is 0. The second-order valence-electron chi connectivity index (χ2n) is 16.2. The summed E-state index contributed by atoms with van der Waals surface area (Å²) in [5, 5.41) is 19.4. The van der Waals surface area contributed by atoms with Crippen LogP contribution in [0.3, 0.4) is 0 Å². The first-order valence-electron chi connectivity index (χ1n) is 19.7. The van der Waals surface area contributed by atoms with Gasteiger partial charge in [-0.1, -0.05) is 46.6 Å². The predicted molar refractivity (Wildman–Crippen MR) is 210 cm³/mol. The van der Waals surface area contributed by atoms with Crippen molar-refractivity contribution in [2.24, 2.45) is 29.6 Å². The van der Waals surface area contributed by atoms with Crippen LogP contribution in [0.15, 0.2) is 46.1 Å². The number of fused-ring (bicyclic) bond motifs is 7. The fourth-order valence-corrected chi connectivity index (χ4v) is 8.87. The SMILES string of the molecule is CCc1c2[nH]c(c1C)C=C1NC(=C(C)[C@H]1C)/C=C1\N/C(=C3\c4[nH]c(c(C)c4[C@H](O)[C@@H]3C(=O)OC)C2)[C@@H](CCC(=O)OC/C=C(\C)CCCC(C)C)[C@@H]1C. The number of esters is 2. The lowest BCUT2D eigenvalue weighted by Gasteiger charge is -2.21. The van der Waals surface area contributed by atoms with Crippen molar-refractivity contribution in [2.75, 3.05) is 13.7 Å². The Hall–Kier alpha value is -4.24. The summed E-state index contributed by atoms with van der Waals surface area (Å²) in [6.45, 7) is 19.8. The van der Waals surface area contributed by atoms with Crippen molar-refractivity contribution in [1.29, 1.82) is 0 Å². The number of carbonyl (C=O) groups is 2. The van der Waals surface area contributed by atoms with Crippen molar-refractivity contribution < 1.29 is 24.2 Å². The largest absolute Gasteiger partial charge is 0.468 e. The quantitative estimate of drug-likeness (QED) is 0.116. The predicted octanol–water partition coefficient (Wildman–Crippen LogP) is 8.36. The molecule has 9 nitrogen and oxygen atoms in total. The average Bonchev–Trinajstić information content (AvgIpc) is 3.85. The van der Waals surface area contributed by atoms with Gasteiger partial charge in [0.2, 0.25) is 0 Å². The summed E-state index contributed by atoms with van der Waals surface area (Å²) in [5.41, 5.74) is 15.4. The Bertz CT molecular complexity index is 1930. The van der Waals surface area contributed by atoms with Crippen molar-refractivity contribution in [3.63, 3.8) is 0 Å². The van der Waals surface area contributed by atoms with Crippen LogP contribution in [0.5, 0.6) is 0 Å². The van der Waals surface area contributed by atoms with Gasteiger partial charge in [-0.05, 0) is 99.8 Å². The first-order valence-corrected chi connectivity index (χ1v) is 19.7. The Morgan fingerprint density at radius 1 is 1.02 bits per heavy atom. The molecule has 1 saturated heterocycles. The number of carbonyl (C=O) groups excluding carboxylic acids is 2. The second-order valence-corrected chi connectivity index (χ2v) is 16.2. The average molecular weight is 725 g/mol. The molecular weight excluding hydrogens is 665 g/mol. The first kappa shape index (κ1) is 38.5. The van der Waals surface area contributed by atoms with Gasteiger partial charge in [-0.25, -0.2) is 0 Å². The Labute approximate surface area is 315 Å². The van der Waals surface area contributed by atoms with Crippen LogP contribution in [-0.4, -0.2) is 40.7 Å². The summed E-state index contributed by atoms with van der Waals surface area (Å²) < 4.78 is 11.0. The number of aromatic nitrogens is 2. The van der Waals surface area contributed by atoms with E-state index in [-0.39, 0.29) is 36.8 Å². The zero-order chi connectivity index (χ0) is 38.3. The third-order valence-electron chi connectivity index (χ3n) is 12.4. The number of aromatic amines is 2. The second kappa shape index (κ2) is 15.6. The highest BCUT2D eigenvalue weighted by Crippen LogP contribution is 2.52. The zero-order valence-corrected chi connectivity index (χ0v) is 33.4. The molecule has 2 aromatic heterocycles. The summed E-state index contributed by atoms with van der Waals surface area (Å²) in [4.78, 5) is 34.2. The van der Waals surface area contributed by atoms with Gasteiger partial charge < -0.3 is 35.2 Å². The molecule has 0 amide bonds. The number of methoxy groups -OCH3 is 1. The number of ether oxygens (including phenoxy) is 2. The van der Waals surface area contributed by atoms with E-state index in [4.69, 9.17) is 9.47 Å². The van der Waals surface area contributed by atoms with Crippen LogP contribution in [-0.2, 0) is 31.9 Å². The van der Waals surface area contributed by atoms with Crippen molar-refractivity contribution >= 4 is 23.6 Å². The van der Waals surface area contributed by atoms with Crippen molar-refractivity contribution in [3.8, 4) is 0 Å². The van der Waals surface area contributed by atoms with Gasteiger partial charge in [0.1, 0.15) is 12.5 Å². The molecule has 0 unspecified atom stereocenters. The van der Waals surface area contributed by atoms with E-state index >= 15 is 0 Å². The molecule has 6 rings (SSSR count). The van der Waals surface area contributed by atoms with Crippen LogP contribution in [0.1, 0.15) is 132 Å². The van der Waals surface area contributed by atoms with E-state index in [1.165, 1.54) is 35.8 Å². The van der Waals surface area contributed by atoms with E-state index < -0.39 is 18.0 Å². The fraction of sp³-hybridized carbons (Fsp3) is 0.545. The minimum Gasteiger partial charge on any atom is -0.468 e. The van der Waals surface area contributed by atoms with Crippen LogP contribution in [0, 0.1) is 43.4 Å². The summed E-state index contributed by atoms with van der Waals surface area (Å²) in [7, 11) is 1.37. The number of allylic oxidation sites excluding steroid dienone is 5. The molecule has 1 fully saturated rings. The Kier molecular flexibility index (Phi) is 11.3. The molecule has 0 radical (unpaired) electrons. The molecule has 5 atom stereocenters. The molecule has 5 N–H and O–H groups in total. The lowest BCUT2D eigenvalue weighted by Crippen LogP contribution is -2.24. The number of aliphatic hydroxyl groups excluding tert-OH is 1. The molecule has 0 spiro atoms. The van der Waals surface area contributed by atoms with Crippen molar-refractivity contribution in [2.45, 2.75) is 113 Å². The monoisotopic (exact) mass is 724 g/mol. The van der Waals surface area contributed by atoms with E-state index in [9.17, 15) is 14.7 Å². The van der Waals surface area contributed by atoms with Gasteiger partial charge in [-0.2, -0.15) is 0 Å². The van der Waals surface area contributed by atoms with Crippen LogP contribution in [0.4, 0.5) is 0 Å². The van der Waals surface area contributed by atoms with E-state index in [1.807, 2.05) is 13.0 Å². The van der Waals surface area contributed by atoms with Crippen LogP contribution >= 0.6 is 0 Å². The highest BCUT2D eigenvalue weighted by Gasteiger charge is 2.48. The topological polar surface area (TPSA) is 128 Å². The standard InChI is InChI=1S/C44H60N4O5/c1-11-29-26(7)33-19-31-24(5)25(6)32(45-31)20-34-27(8)30(15-16-37(49)53-18-17-23(4)14-12-13-22(2)3)41(47-34)39-40(44(51)52-10)43(50)38-28(9)35(48-42(38)39)21-36(29)46-33/h17,19-20,22,24,27,30,40,43,45-48,50H,11-16,18,21H2,1-10H3/b23-17+,31-19?,34-20-,41-39-/t24-,27+,30+,40-,43+/m1/s1. The van der Waals surface area contributed by atoms with Crippen molar-refractivity contribution in [3.05, 3.63) is 91.1 Å². The molecule has 0 saturated carbocycles. The highest BCUT2D eigenvalue weighted by molar-refractivity contribution is 5.94. The van der Waals surface area contributed by atoms with Gasteiger partial charge in [-0.3, -0.25) is 9.59 Å². The summed E-state index contributed by atoms with van der Waals surface area (Å²) >= 11 is 0. The maximum Gasteiger partial charge on any atom is 0.316 e. The van der Waals surface area contributed by atoms with Gasteiger partial charge in [0.25, 0.3) is 0 Å². The van der Waals surface area contributed by atoms with Crippen molar-refractivity contribution in [1.82, 2.24) is 20.6 Å². The molecule has 286 valence electrons. The molecule has 8 bridgehead atoms. The number of H-pyrrole nitrogens is 2. The molecule has 5 heterocycles. The van der Waals surface area contributed by atoms with Gasteiger partial charge >= 0.3 is 11.9 Å².